The zero-order valence-electron chi connectivity index (χ0n) is 19.0. The van der Waals surface area contributed by atoms with Gasteiger partial charge in [-0.15, -0.1) is 0 Å². The molecule has 1 aromatic heterocycles. The Hall–Kier alpha value is -4.10. The van der Waals surface area contributed by atoms with E-state index in [1.807, 2.05) is 56.3 Å². The van der Waals surface area contributed by atoms with E-state index in [4.69, 9.17) is 0 Å². The Morgan fingerprint density at radius 1 is 1.09 bits per heavy atom. The van der Waals surface area contributed by atoms with Gasteiger partial charge in [-0.3, -0.25) is 14.5 Å². The third kappa shape index (κ3) is 4.15. The van der Waals surface area contributed by atoms with Crippen molar-refractivity contribution in [2.75, 3.05) is 4.90 Å². The van der Waals surface area contributed by atoms with Gasteiger partial charge in [0.2, 0.25) is 0 Å². The van der Waals surface area contributed by atoms with Crippen LogP contribution in [0.2, 0.25) is 0 Å². The zero-order valence-corrected chi connectivity index (χ0v) is 19.8. The number of aliphatic hydroxyl groups is 1. The Labute approximate surface area is 205 Å². The second-order valence-corrected chi connectivity index (χ2v) is 9.43. The number of hydrogen-bond donors (Lipinski definition) is 1. The molecule has 1 N–H and O–H groups in total. The molecule has 0 radical (unpaired) electrons. The number of anilines is 1. The van der Waals surface area contributed by atoms with Crippen molar-refractivity contribution in [3.05, 3.63) is 112 Å². The van der Waals surface area contributed by atoms with Crippen LogP contribution in [0.1, 0.15) is 28.3 Å². The maximum atomic E-state index is 13.7. The first-order valence-electron chi connectivity index (χ1n) is 11.0. The molecule has 35 heavy (non-hydrogen) atoms. The summed E-state index contributed by atoms with van der Waals surface area (Å²) in [5.74, 6) is -2.30. The molecule has 4 aromatic rings. The molecule has 1 atom stereocenters. The highest BCUT2D eigenvalue weighted by atomic mass is 32.1. The van der Waals surface area contributed by atoms with Crippen LogP contribution in [0.15, 0.2) is 84.1 Å². The molecule has 0 spiro atoms. The average Bonchev–Trinajstić information content (AvgIpc) is 3.37. The van der Waals surface area contributed by atoms with E-state index in [0.717, 1.165) is 26.9 Å². The summed E-state index contributed by atoms with van der Waals surface area (Å²) in [5, 5.41) is 11.2. The number of hydrogen-bond acceptors (Lipinski definition) is 5. The first kappa shape index (κ1) is 22.7. The Morgan fingerprint density at radius 3 is 2.51 bits per heavy atom. The van der Waals surface area contributed by atoms with Crippen molar-refractivity contribution in [3.8, 4) is 0 Å². The highest BCUT2D eigenvalue weighted by molar-refractivity contribution is 7.22. The number of fused-ring (bicyclic) bond motifs is 1. The quantitative estimate of drug-likeness (QED) is 0.341. The molecular formula is C28H21FN2O3S. The highest BCUT2D eigenvalue weighted by Gasteiger charge is 2.45. The van der Waals surface area contributed by atoms with Crippen LogP contribution in [-0.2, 0) is 9.59 Å². The first-order chi connectivity index (χ1) is 16.8. The molecule has 5 rings (SSSR count). The lowest BCUT2D eigenvalue weighted by Gasteiger charge is -2.24. The molecule has 0 bridgehead atoms. The zero-order chi connectivity index (χ0) is 24.7. The third-order valence-corrected chi connectivity index (χ3v) is 6.91. The van der Waals surface area contributed by atoms with Crippen molar-refractivity contribution in [2.24, 2.45) is 0 Å². The minimum absolute atomic E-state index is 0.0686. The van der Waals surface area contributed by atoms with Crippen LogP contribution in [0.4, 0.5) is 9.52 Å². The number of aliphatic hydroxyl groups excluding tert-OH is 1. The fraction of sp³-hybridized carbons (Fsp3) is 0.107. The standard InChI is InChI=1S/C28H21FN2O3S/c1-16-14-17(2)24-22(15-16)35-28(30-24)31-25(19-9-11-20(29)12-10-19)23(26(33)27(31)34)21(32)13-8-18-6-4-3-5-7-18/h3-15,25,33H,1-2H3. The molecule has 7 heteroatoms. The largest absolute Gasteiger partial charge is 0.503 e. The summed E-state index contributed by atoms with van der Waals surface area (Å²) in [6.07, 6.45) is 2.96. The van der Waals surface area contributed by atoms with Crippen LogP contribution in [0.5, 0.6) is 0 Å². The minimum atomic E-state index is -0.946. The number of rotatable bonds is 5. The number of aryl methyl sites for hydroxylation is 2. The maximum absolute atomic E-state index is 13.7. The van der Waals surface area contributed by atoms with Gasteiger partial charge in [0.1, 0.15) is 5.82 Å². The molecule has 1 amide bonds. The summed E-state index contributed by atoms with van der Waals surface area (Å²) >= 11 is 1.31. The molecule has 3 aromatic carbocycles. The minimum Gasteiger partial charge on any atom is -0.503 e. The van der Waals surface area contributed by atoms with E-state index in [0.29, 0.717) is 10.7 Å². The fourth-order valence-electron chi connectivity index (χ4n) is 4.30. The lowest BCUT2D eigenvalue weighted by molar-refractivity contribution is -0.117. The molecule has 0 fully saturated rings. The SMILES string of the molecule is Cc1cc(C)c2nc(N3C(=O)C(O)=C(C(=O)C=Cc4ccccc4)C3c3ccc(F)cc3)sc2c1. The number of thiazole rings is 1. The van der Waals surface area contributed by atoms with Crippen molar-refractivity contribution in [1.29, 1.82) is 0 Å². The van der Waals surface area contributed by atoms with E-state index >= 15 is 0 Å². The first-order valence-corrected chi connectivity index (χ1v) is 11.8. The average molecular weight is 485 g/mol. The summed E-state index contributed by atoms with van der Waals surface area (Å²) in [4.78, 5) is 32.6. The molecule has 2 heterocycles. The molecule has 0 saturated heterocycles. The van der Waals surface area contributed by atoms with Gasteiger partial charge in [-0.1, -0.05) is 65.9 Å². The van der Waals surface area contributed by atoms with Crippen molar-refractivity contribution < 1.29 is 19.1 Å². The van der Waals surface area contributed by atoms with Crippen molar-refractivity contribution in [2.45, 2.75) is 19.9 Å². The molecule has 1 aliphatic heterocycles. The Bertz CT molecular complexity index is 1520. The lowest BCUT2D eigenvalue weighted by Crippen LogP contribution is -2.30. The summed E-state index contributed by atoms with van der Waals surface area (Å²) < 4.78 is 14.6. The van der Waals surface area contributed by atoms with E-state index < -0.39 is 29.3 Å². The molecule has 0 saturated carbocycles. The van der Waals surface area contributed by atoms with Gasteiger partial charge in [0.25, 0.3) is 5.91 Å². The van der Waals surface area contributed by atoms with Gasteiger partial charge in [-0.25, -0.2) is 9.37 Å². The monoisotopic (exact) mass is 484 g/mol. The van der Waals surface area contributed by atoms with Gasteiger partial charge in [0.15, 0.2) is 16.7 Å². The summed E-state index contributed by atoms with van der Waals surface area (Å²) in [7, 11) is 0. The number of ketones is 1. The van der Waals surface area contributed by atoms with Crippen LogP contribution >= 0.6 is 11.3 Å². The molecular weight excluding hydrogens is 463 g/mol. The number of benzene rings is 3. The topological polar surface area (TPSA) is 70.5 Å². The van der Waals surface area contributed by atoms with E-state index in [1.165, 1.54) is 46.6 Å². The summed E-state index contributed by atoms with van der Waals surface area (Å²) in [6, 6.07) is 17.8. The van der Waals surface area contributed by atoms with Crippen molar-refractivity contribution in [3.63, 3.8) is 0 Å². The number of nitrogens with zero attached hydrogens (tertiary/aromatic N) is 2. The van der Waals surface area contributed by atoms with Crippen molar-refractivity contribution in [1.82, 2.24) is 4.98 Å². The third-order valence-electron chi connectivity index (χ3n) is 5.91. The second-order valence-electron chi connectivity index (χ2n) is 8.42. The van der Waals surface area contributed by atoms with Gasteiger partial charge in [0.05, 0.1) is 21.8 Å². The van der Waals surface area contributed by atoms with E-state index in [1.54, 1.807) is 6.08 Å². The smallest absolute Gasteiger partial charge is 0.296 e. The number of allylic oxidation sites excluding steroid dienone is 1. The van der Waals surface area contributed by atoms with Crippen LogP contribution in [0.25, 0.3) is 16.3 Å². The lowest BCUT2D eigenvalue weighted by atomic mass is 9.95. The maximum Gasteiger partial charge on any atom is 0.296 e. The van der Waals surface area contributed by atoms with Crippen molar-refractivity contribution >= 4 is 44.5 Å². The second kappa shape index (κ2) is 8.92. The van der Waals surface area contributed by atoms with Crippen LogP contribution in [-0.4, -0.2) is 21.8 Å². The Morgan fingerprint density at radius 2 is 1.80 bits per heavy atom. The Balaban J connectivity index is 1.62. The summed E-state index contributed by atoms with van der Waals surface area (Å²) in [5.41, 5.74) is 4.01. The van der Waals surface area contributed by atoms with Crippen LogP contribution in [0, 0.1) is 19.7 Å². The highest BCUT2D eigenvalue weighted by Crippen LogP contribution is 2.44. The molecule has 174 valence electrons. The van der Waals surface area contributed by atoms with Crippen LogP contribution < -0.4 is 4.90 Å². The predicted octanol–water partition coefficient (Wildman–Crippen LogP) is 6.23. The number of carbonyl (C=O) groups is 2. The number of amides is 1. The normalized spacial score (nSPS) is 16.1. The number of halogens is 1. The van der Waals surface area contributed by atoms with Gasteiger partial charge < -0.3 is 5.11 Å². The fourth-order valence-corrected chi connectivity index (χ4v) is 5.47. The van der Waals surface area contributed by atoms with Gasteiger partial charge >= 0.3 is 0 Å². The van der Waals surface area contributed by atoms with Gasteiger partial charge in [-0.2, -0.15) is 0 Å². The van der Waals surface area contributed by atoms with E-state index in [2.05, 4.69) is 4.98 Å². The van der Waals surface area contributed by atoms with Crippen LogP contribution in [0.3, 0.4) is 0 Å². The molecule has 1 aliphatic rings. The van der Waals surface area contributed by atoms with E-state index in [-0.39, 0.29) is 5.57 Å². The predicted molar refractivity (Wildman–Crippen MR) is 136 cm³/mol. The van der Waals surface area contributed by atoms with Gasteiger partial charge in [0, 0.05) is 0 Å². The molecule has 5 nitrogen and oxygen atoms in total. The molecule has 0 aliphatic carbocycles. The Kier molecular flexibility index (Phi) is 5.78. The number of aromatic nitrogens is 1. The molecule has 1 unspecified atom stereocenters. The summed E-state index contributed by atoms with van der Waals surface area (Å²) in [6.45, 7) is 3.93. The van der Waals surface area contributed by atoms with Gasteiger partial charge in [-0.05, 0) is 60.4 Å². The van der Waals surface area contributed by atoms with E-state index in [9.17, 15) is 19.1 Å². The number of carbonyl (C=O) groups excluding carboxylic acids is 2.